The number of ether oxygens (including phenoxy) is 2. The zero-order valence-corrected chi connectivity index (χ0v) is 26.2. The van der Waals surface area contributed by atoms with Crippen LogP contribution in [0.15, 0.2) is 47.4 Å². The molecule has 2 N–H and O–H groups in total. The molecule has 1 aromatic heterocycles. The van der Waals surface area contributed by atoms with Gasteiger partial charge in [0.05, 0.1) is 41.6 Å². The van der Waals surface area contributed by atoms with Crippen molar-refractivity contribution in [2.24, 2.45) is 0 Å². The van der Waals surface area contributed by atoms with Crippen LogP contribution < -0.4 is 15.4 Å². The van der Waals surface area contributed by atoms with E-state index in [4.69, 9.17) is 9.47 Å². The van der Waals surface area contributed by atoms with Crippen molar-refractivity contribution in [3.63, 3.8) is 0 Å². The van der Waals surface area contributed by atoms with Gasteiger partial charge in [-0.3, -0.25) is 4.90 Å². The van der Waals surface area contributed by atoms with Gasteiger partial charge in [0, 0.05) is 48.1 Å². The fourth-order valence-electron chi connectivity index (χ4n) is 6.22. The fourth-order valence-corrected chi connectivity index (χ4v) is 6.85. The minimum atomic E-state index is -4.46. The lowest BCUT2D eigenvalue weighted by Gasteiger charge is -2.47. The maximum atomic E-state index is 13.7. The minimum Gasteiger partial charge on any atom is -0.461 e. The van der Waals surface area contributed by atoms with E-state index in [2.05, 4.69) is 34.3 Å². The quantitative estimate of drug-likeness (QED) is 0.223. The van der Waals surface area contributed by atoms with Crippen LogP contribution in [0.5, 0.6) is 5.75 Å². The second-order valence-electron chi connectivity index (χ2n) is 11.8. The summed E-state index contributed by atoms with van der Waals surface area (Å²) in [5.74, 6) is 5.68. The standard InChI is InChI=1S/C32H38F4N4O4S/c1-31(39-15-17-43-18-16-39)12-10-23(11-13-31)38-27-6-3-7-29-26(27)19-24(40(29)21-32(34,35)36)5-4-14-37-28-9-8-25(45(2,41)42)20-30(28)44-22-33/h3,6-9,19-20,23,37-38H,10-18,21-22H2,1-2H3. The molecule has 0 unspecified atom stereocenters. The number of fused-ring (bicyclic) bond motifs is 1. The van der Waals surface area contributed by atoms with Crippen LogP contribution in [0.2, 0.25) is 0 Å². The zero-order chi connectivity index (χ0) is 32.2. The number of nitrogens with one attached hydrogen (secondary N) is 2. The van der Waals surface area contributed by atoms with Crippen LogP contribution in [-0.4, -0.2) is 81.6 Å². The van der Waals surface area contributed by atoms with Gasteiger partial charge < -0.3 is 24.7 Å². The molecule has 5 rings (SSSR count). The molecule has 8 nitrogen and oxygen atoms in total. The van der Waals surface area contributed by atoms with Crippen LogP contribution in [0.25, 0.3) is 10.9 Å². The second-order valence-corrected chi connectivity index (χ2v) is 13.8. The highest BCUT2D eigenvalue weighted by Crippen LogP contribution is 2.37. The van der Waals surface area contributed by atoms with Gasteiger partial charge in [-0.15, -0.1) is 0 Å². The van der Waals surface area contributed by atoms with Crippen LogP contribution >= 0.6 is 0 Å². The summed E-state index contributed by atoms with van der Waals surface area (Å²) >= 11 is 0. The average molecular weight is 651 g/mol. The summed E-state index contributed by atoms with van der Waals surface area (Å²) in [7, 11) is -3.54. The smallest absolute Gasteiger partial charge is 0.406 e. The average Bonchev–Trinajstić information content (AvgIpc) is 3.33. The van der Waals surface area contributed by atoms with Crippen LogP contribution in [0.1, 0.15) is 38.3 Å². The predicted octanol–water partition coefficient (Wildman–Crippen LogP) is 5.82. The van der Waals surface area contributed by atoms with Crippen molar-refractivity contribution in [3.8, 4) is 17.6 Å². The molecule has 0 radical (unpaired) electrons. The normalized spacial score (nSPS) is 21.2. The number of hydrogen-bond acceptors (Lipinski definition) is 7. The first-order valence-corrected chi connectivity index (χ1v) is 16.8. The molecule has 244 valence electrons. The first-order chi connectivity index (χ1) is 21.4. The lowest BCUT2D eigenvalue weighted by atomic mass is 9.79. The Hall–Kier alpha value is -3.47. The van der Waals surface area contributed by atoms with Gasteiger partial charge in [0.1, 0.15) is 12.3 Å². The van der Waals surface area contributed by atoms with Gasteiger partial charge in [0.15, 0.2) is 9.84 Å². The van der Waals surface area contributed by atoms with Crippen molar-refractivity contribution in [3.05, 3.63) is 48.2 Å². The molecule has 13 heteroatoms. The predicted molar refractivity (Wildman–Crippen MR) is 166 cm³/mol. The molecule has 1 saturated heterocycles. The molecule has 2 aromatic carbocycles. The van der Waals surface area contributed by atoms with E-state index in [9.17, 15) is 26.0 Å². The summed E-state index contributed by atoms with van der Waals surface area (Å²) < 4.78 is 89.3. The van der Waals surface area contributed by atoms with Crippen LogP contribution in [0.3, 0.4) is 0 Å². The molecule has 45 heavy (non-hydrogen) atoms. The number of benzene rings is 2. The summed E-state index contributed by atoms with van der Waals surface area (Å²) in [6.07, 6.45) is 0.509. The molecule has 3 aromatic rings. The molecule has 0 amide bonds. The van der Waals surface area contributed by atoms with Crippen LogP contribution in [0, 0.1) is 11.8 Å². The third-order valence-corrected chi connectivity index (χ3v) is 9.77. The Morgan fingerprint density at radius 3 is 2.49 bits per heavy atom. The number of halogens is 4. The van der Waals surface area contributed by atoms with Crippen molar-refractivity contribution in [1.29, 1.82) is 0 Å². The van der Waals surface area contributed by atoms with Gasteiger partial charge in [0.2, 0.25) is 6.86 Å². The highest BCUT2D eigenvalue weighted by Gasteiger charge is 2.37. The summed E-state index contributed by atoms with van der Waals surface area (Å²) in [6.45, 7) is 3.31. The van der Waals surface area contributed by atoms with Crippen molar-refractivity contribution in [2.75, 3.05) is 56.6 Å². The summed E-state index contributed by atoms with van der Waals surface area (Å²) in [6, 6.07) is 11.2. The Morgan fingerprint density at radius 1 is 1.09 bits per heavy atom. The lowest BCUT2D eigenvalue weighted by Crippen LogP contribution is -2.54. The highest BCUT2D eigenvalue weighted by atomic mass is 32.2. The highest BCUT2D eigenvalue weighted by molar-refractivity contribution is 7.90. The molecule has 2 fully saturated rings. The molecule has 0 spiro atoms. The van der Waals surface area contributed by atoms with E-state index in [1.54, 1.807) is 18.2 Å². The van der Waals surface area contributed by atoms with E-state index in [0.29, 0.717) is 16.6 Å². The minimum absolute atomic E-state index is 0.0104. The largest absolute Gasteiger partial charge is 0.461 e. The van der Waals surface area contributed by atoms with Gasteiger partial charge >= 0.3 is 6.18 Å². The molecular formula is C32H38F4N4O4S. The fraction of sp³-hybridized carbons (Fsp3) is 0.500. The molecule has 2 aliphatic rings. The topological polar surface area (TPSA) is 84.8 Å². The van der Waals surface area contributed by atoms with Crippen LogP contribution in [0.4, 0.5) is 28.9 Å². The SMILES string of the molecule is CC1(N2CCOCC2)CCC(Nc2cccc3c2cc(C#CCNc2ccc(S(C)(=O)=O)cc2OCF)n3CC(F)(F)F)CC1. The van der Waals surface area contributed by atoms with Gasteiger partial charge in [-0.25, -0.2) is 12.8 Å². The third kappa shape index (κ3) is 8.04. The van der Waals surface area contributed by atoms with Gasteiger partial charge in [-0.1, -0.05) is 12.0 Å². The maximum Gasteiger partial charge on any atom is 0.406 e. The Morgan fingerprint density at radius 2 is 1.82 bits per heavy atom. The van der Waals surface area contributed by atoms with E-state index in [1.165, 1.54) is 22.8 Å². The summed E-state index contributed by atoms with van der Waals surface area (Å²) in [4.78, 5) is 2.48. The number of morpholine rings is 1. The zero-order valence-electron chi connectivity index (χ0n) is 25.3. The van der Waals surface area contributed by atoms with E-state index >= 15 is 0 Å². The molecule has 2 heterocycles. The van der Waals surface area contributed by atoms with Crippen LogP contribution in [-0.2, 0) is 21.1 Å². The monoisotopic (exact) mass is 650 g/mol. The number of sulfone groups is 1. The van der Waals surface area contributed by atoms with Gasteiger partial charge in [0.25, 0.3) is 0 Å². The van der Waals surface area contributed by atoms with Crippen molar-refractivity contribution < 1.29 is 35.5 Å². The molecule has 1 saturated carbocycles. The Labute approximate surface area is 261 Å². The summed E-state index contributed by atoms with van der Waals surface area (Å²) in [5, 5.41) is 7.20. The molecule has 0 atom stereocenters. The second kappa shape index (κ2) is 13.5. The van der Waals surface area contributed by atoms with Crippen molar-refractivity contribution in [1.82, 2.24) is 9.47 Å². The number of anilines is 2. The van der Waals surface area contributed by atoms with E-state index in [1.807, 2.05) is 6.07 Å². The van der Waals surface area contributed by atoms with E-state index < -0.39 is 29.4 Å². The Balaban J connectivity index is 1.34. The van der Waals surface area contributed by atoms with E-state index in [-0.39, 0.29) is 34.5 Å². The molecule has 1 aliphatic heterocycles. The van der Waals surface area contributed by atoms with E-state index in [0.717, 1.165) is 63.9 Å². The lowest BCUT2D eigenvalue weighted by molar-refractivity contribution is -0.140. The van der Waals surface area contributed by atoms with Crippen molar-refractivity contribution >= 4 is 32.1 Å². The number of rotatable bonds is 9. The first-order valence-electron chi connectivity index (χ1n) is 14.9. The molecular weight excluding hydrogens is 612 g/mol. The third-order valence-electron chi connectivity index (χ3n) is 8.66. The maximum absolute atomic E-state index is 13.7. The Kier molecular flexibility index (Phi) is 9.86. The number of nitrogens with zero attached hydrogens (tertiary/aromatic N) is 2. The Bertz CT molecular complexity index is 1670. The number of hydrogen-bond donors (Lipinski definition) is 2. The summed E-state index contributed by atoms with van der Waals surface area (Å²) in [5.41, 5.74) is 1.82. The van der Waals surface area contributed by atoms with Crippen molar-refractivity contribution in [2.45, 2.75) is 61.8 Å². The molecule has 0 bridgehead atoms. The number of alkyl halides is 4. The van der Waals surface area contributed by atoms with Gasteiger partial charge in [-0.05, 0) is 68.9 Å². The molecule has 1 aliphatic carbocycles. The first kappa shape index (κ1) is 32.9. The number of aromatic nitrogens is 1. The van der Waals surface area contributed by atoms with Gasteiger partial charge in [-0.2, -0.15) is 13.2 Å².